The topological polar surface area (TPSA) is 90.5 Å². The van der Waals surface area contributed by atoms with Crippen LogP contribution in [0.2, 0.25) is 0 Å². The number of hydrogen-bond donors (Lipinski definition) is 4. The lowest BCUT2D eigenvalue weighted by molar-refractivity contribution is -0.129. The molecule has 0 bridgehead atoms. The van der Waals surface area contributed by atoms with Gasteiger partial charge in [-0.05, 0) is 61.7 Å². The van der Waals surface area contributed by atoms with E-state index in [1.165, 1.54) is 37.1 Å². The van der Waals surface area contributed by atoms with Crippen molar-refractivity contribution in [3.8, 4) is 0 Å². The molecule has 0 heterocycles. The van der Waals surface area contributed by atoms with Crippen LogP contribution in [0.1, 0.15) is 54.6 Å². The lowest BCUT2D eigenvalue weighted by Gasteiger charge is -2.19. The molecule has 1 aliphatic carbocycles. The number of carbonyl (C=O) groups is 2. The first-order valence-electron chi connectivity index (χ1n) is 10.3. The number of hydrogen-bond acceptors (Lipinski definition) is 4. The molecule has 2 aromatic carbocycles. The van der Waals surface area contributed by atoms with Gasteiger partial charge in [0.05, 0.1) is 6.04 Å². The Hall–Kier alpha value is -2.77. The quantitative estimate of drug-likeness (QED) is 0.535. The molecule has 7 heteroatoms. The highest BCUT2D eigenvalue weighted by Gasteiger charge is 2.21. The van der Waals surface area contributed by atoms with E-state index in [2.05, 4.69) is 16.0 Å². The van der Waals surface area contributed by atoms with Crippen molar-refractivity contribution in [1.29, 1.82) is 0 Å². The highest BCUT2D eigenvalue weighted by molar-refractivity contribution is 6.04. The Morgan fingerprint density at radius 3 is 2.33 bits per heavy atom. The van der Waals surface area contributed by atoms with Crippen molar-refractivity contribution < 1.29 is 19.1 Å². The van der Waals surface area contributed by atoms with Crippen LogP contribution in [-0.4, -0.2) is 35.6 Å². The molecule has 2 amide bonds. The zero-order chi connectivity index (χ0) is 21.5. The number of benzene rings is 2. The number of rotatable bonds is 8. The zero-order valence-corrected chi connectivity index (χ0v) is 17.0. The molecule has 0 radical (unpaired) electrons. The predicted octanol–water partition coefficient (Wildman–Crippen LogP) is 3.15. The van der Waals surface area contributed by atoms with E-state index >= 15 is 0 Å². The molecule has 1 saturated carbocycles. The third-order valence-corrected chi connectivity index (χ3v) is 5.39. The molecule has 2 aromatic rings. The summed E-state index contributed by atoms with van der Waals surface area (Å²) < 4.78 is 13.0. The summed E-state index contributed by atoms with van der Waals surface area (Å²) in [6.45, 7) is 2.08. The number of aliphatic hydroxyl groups excluding tert-OH is 1. The fraction of sp³-hybridized carbons (Fsp3) is 0.391. The van der Waals surface area contributed by atoms with Crippen LogP contribution in [0.4, 0.5) is 10.1 Å². The van der Waals surface area contributed by atoms with Gasteiger partial charge in [0, 0.05) is 23.8 Å². The van der Waals surface area contributed by atoms with Gasteiger partial charge in [0.2, 0.25) is 0 Å². The molecule has 0 spiro atoms. The number of anilines is 1. The average molecular weight is 413 g/mol. The molecule has 0 aliphatic heterocycles. The maximum atomic E-state index is 13.0. The van der Waals surface area contributed by atoms with Crippen molar-refractivity contribution in [2.45, 2.75) is 50.8 Å². The highest BCUT2D eigenvalue weighted by Crippen LogP contribution is 2.18. The lowest BCUT2D eigenvalue weighted by atomic mass is 10.1. The highest BCUT2D eigenvalue weighted by atomic mass is 19.1. The largest absolute Gasteiger partial charge is 0.382 e. The molecule has 30 heavy (non-hydrogen) atoms. The van der Waals surface area contributed by atoms with Gasteiger partial charge in [-0.15, -0.1) is 0 Å². The molecular weight excluding hydrogens is 385 g/mol. The molecule has 1 aliphatic rings. The second-order valence-electron chi connectivity index (χ2n) is 7.72. The summed E-state index contributed by atoms with van der Waals surface area (Å²) in [7, 11) is 0. The van der Waals surface area contributed by atoms with E-state index in [-0.39, 0.29) is 18.5 Å². The minimum atomic E-state index is -1.10. The van der Waals surface area contributed by atoms with E-state index in [4.69, 9.17) is 0 Å². The third-order valence-electron chi connectivity index (χ3n) is 5.39. The van der Waals surface area contributed by atoms with E-state index in [1.54, 1.807) is 24.3 Å². The van der Waals surface area contributed by atoms with Gasteiger partial charge in [-0.1, -0.05) is 25.0 Å². The van der Waals surface area contributed by atoms with E-state index < -0.39 is 17.8 Å². The molecule has 160 valence electrons. The summed E-state index contributed by atoms with van der Waals surface area (Å²) in [6, 6.07) is 12.5. The van der Waals surface area contributed by atoms with Gasteiger partial charge >= 0.3 is 0 Å². The van der Waals surface area contributed by atoms with Gasteiger partial charge in [-0.2, -0.15) is 0 Å². The summed E-state index contributed by atoms with van der Waals surface area (Å²) in [6.07, 6.45) is 3.47. The lowest BCUT2D eigenvalue weighted by Crippen LogP contribution is -2.44. The maximum absolute atomic E-state index is 13.0. The first-order chi connectivity index (χ1) is 14.4. The van der Waals surface area contributed by atoms with Gasteiger partial charge in [-0.3, -0.25) is 9.59 Å². The van der Waals surface area contributed by atoms with Crippen LogP contribution in [0.15, 0.2) is 48.5 Å². The Labute approximate surface area is 175 Å². The fourth-order valence-corrected chi connectivity index (χ4v) is 3.55. The molecule has 1 fully saturated rings. The second-order valence-corrected chi connectivity index (χ2v) is 7.72. The van der Waals surface area contributed by atoms with Crippen LogP contribution < -0.4 is 16.0 Å². The minimum absolute atomic E-state index is 0.248. The summed E-state index contributed by atoms with van der Waals surface area (Å²) in [5, 5.41) is 18.9. The smallest absolute Gasteiger partial charge is 0.255 e. The molecule has 2 unspecified atom stereocenters. The Balaban J connectivity index is 1.48. The summed E-state index contributed by atoms with van der Waals surface area (Å²) in [4.78, 5) is 24.4. The predicted molar refractivity (Wildman–Crippen MR) is 114 cm³/mol. The van der Waals surface area contributed by atoms with Crippen molar-refractivity contribution >= 4 is 17.5 Å². The van der Waals surface area contributed by atoms with E-state index in [1.807, 2.05) is 6.92 Å². The SMILES string of the molecule is CC(NC(=O)C(O)CNC1CCCC1)c1ccc(NC(=O)c2ccc(F)cc2)cc1. The van der Waals surface area contributed by atoms with Crippen molar-refractivity contribution in [2.75, 3.05) is 11.9 Å². The molecule has 2 atom stereocenters. The van der Waals surface area contributed by atoms with Crippen molar-refractivity contribution in [3.05, 3.63) is 65.5 Å². The number of aliphatic hydroxyl groups is 1. The van der Waals surface area contributed by atoms with E-state index in [9.17, 15) is 19.1 Å². The monoisotopic (exact) mass is 413 g/mol. The van der Waals surface area contributed by atoms with Crippen molar-refractivity contribution in [3.63, 3.8) is 0 Å². The molecule has 0 saturated heterocycles. The van der Waals surface area contributed by atoms with Crippen LogP contribution in [0.5, 0.6) is 0 Å². The van der Waals surface area contributed by atoms with Gasteiger partial charge in [0.15, 0.2) is 0 Å². The Morgan fingerprint density at radius 2 is 1.70 bits per heavy atom. The zero-order valence-electron chi connectivity index (χ0n) is 17.0. The van der Waals surface area contributed by atoms with Crippen molar-refractivity contribution in [2.24, 2.45) is 0 Å². The number of amides is 2. The molecule has 4 N–H and O–H groups in total. The Kier molecular flexibility index (Phi) is 7.54. The Morgan fingerprint density at radius 1 is 1.07 bits per heavy atom. The third kappa shape index (κ3) is 6.11. The normalized spacial score (nSPS) is 16.1. The van der Waals surface area contributed by atoms with E-state index in [0.717, 1.165) is 18.4 Å². The molecule has 0 aromatic heterocycles. The molecular formula is C23H28FN3O3. The van der Waals surface area contributed by atoms with Crippen LogP contribution in [0.25, 0.3) is 0 Å². The molecule has 3 rings (SSSR count). The van der Waals surface area contributed by atoms with Crippen LogP contribution in [-0.2, 0) is 4.79 Å². The fourth-order valence-electron chi connectivity index (χ4n) is 3.55. The molecule has 6 nitrogen and oxygen atoms in total. The van der Waals surface area contributed by atoms with Gasteiger partial charge in [0.1, 0.15) is 11.9 Å². The van der Waals surface area contributed by atoms with Crippen molar-refractivity contribution in [1.82, 2.24) is 10.6 Å². The first-order valence-corrected chi connectivity index (χ1v) is 10.3. The Bertz CT molecular complexity index is 849. The van der Waals surface area contributed by atoms with Gasteiger partial charge in [0.25, 0.3) is 11.8 Å². The van der Waals surface area contributed by atoms with E-state index in [0.29, 0.717) is 17.3 Å². The van der Waals surface area contributed by atoms with Crippen LogP contribution in [0, 0.1) is 5.82 Å². The standard InChI is InChI=1S/C23H28FN3O3/c1-15(26-23(30)21(28)14-25-19-4-2-3-5-19)16-8-12-20(13-9-16)27-22(29)17-6-10-18(24)11-7-17/h6-13,15,19,21,25,28H,2-5,14H2,1H3,(H,26,30)(H,27,29). The van der Waals surface area contributed by atoms with Crippen LogP contribution in [0.3, 0.4) is 0 Å². The first kappa shape index (κ1) is 21.9. The maximum Gasteiger partial charge on any atom is 0.255 e. The number of carbonyl (C=O) groups excluding carboxylic acids is 2. The minimum Gasteiger partial charge on any atom is -0.382 e. The number of nitrogens with one attached hydrogen (secondary N) is 3. The van der Waals surface area contributed by atoms with Crippen LogP contribution >= 0.6 is 0 Å². The average Bonchev–Trinajstić information content (AvgIpc) is 3.26. The van der Waals surface area contributed by atoms with Gasteiger partial charge in [-0.25, -0.2) is 4.39 Å². The number of halogens is 1. The van der Waals surface area contributed by atoms with Gasteiger partial charge < -0.3 is 21.1 Å². The summed E-state index contributed by atoms with van der Waals surface area (Å²) in [5.41, 5.74) is 1.80. The summed E-state index contributed by atoms with van der Waals surface area (Å²) in [5.74, 6) is -1.14. The summed E-state index contributed by atoms with van der Waals surface area (Å²) >= 11 is 0. The second kappa shape index (κ2) is 10.3.